The second kappa shape index (κ2) is 6.18. The van der Waals surface area contributed by atoms with Crippen molar-refractivity contribution in [3.8, 4) is 0 Å². The van der Waals surface area contributed by atoms with Crippen molar-refractivity contribution in [3.05, 3.63) is 0 Å². The Balaban J connectivity index is 2.43. The van der Waals surface area contributed by atoms with Crippen LogP contribution in [-0.2, 0) is 4.79 Å². The monoisotopic (exact) mass is 197 g/mol. The summed E-state index contributed by atoms with van der Waals surface area (Å²) in [7, 11) is 0. The van der Waals surface area contributed by atoms with Crippen LogP contribution >= 0.6 is 0 Å². The smallest absolute Gasteiger partial charge is 0.152 e. The van der Waals surface area contributed by atoms with E-state index in [-0.39, 0.29) is 6.04 Å². The largest absolute Gasteiger partial charge is 0.307 e. The Morgan fingerprint density at radius 1 is 1.36 bits per heavy atom. The van der Waals surface area contributed by atoms with Crippen molar-refractivity contribution in [2.45, 2.75) is 58.4 Å². The van der Waals surface area contributed by atoms with Gasteiger partial charge in [-0.1, -0.05) is 26.7 Å². The molecular weight excluding hydrogens is 174 g/mol. The second-order valence-corrected chi connectivity index (χ2v) is 4.33. The number of carbonyl (C=O) groups excluding carboxylic acids is 1. The van der Waals surface area contributed by atoms with Gasteiger partial charge in [0.15, 0.2) is 5.78 Å². The highest BCUT2D eigenvalue weighted by atomic mass is 16.1. The van der Waals surface area contributed by atoms with Crippen LogP contribution in [0, 0.1) is 5.92 Å². The van der Waals surface area contributed by atoms with Gasteiger partial charge in [-0.3, -0.25) is 4.79 Å². The molecular formula is C12H23NO. The molecule has 1 N–H and O–H groups in total. The standard InChI is InChI=1S/C12H23NO/c1-3-6-10(7-4-2)12(14)11-8-5-9-13-11/h10-11,13H,3-9H2,1-2H3. The molecule has 1 fully saturated rings. The van der Waals surface area contributed by atoms with Crippen LogP contribution in [0.1, 0.15) is 52.4 Å². The summed E-state index contributed by atoms with van der Waals surface area (Å²) in [5, 5.41) is 3.30. The van der Waals surface area contributed by atoms with Gasteiger partial charge in [0.05, 0.1) is 6.04 Å². The second-order valence-electron chi connectivity index (χ2n) is 4.33. The van der Waals surface area contributed by atoms with Gasteiger partial charge in [0.25, 0.3) is 0 Å². The highest BCUT2D eigenvalue weighted by molar-refractivity contribution is 5.86. The molecule has 0 aliphatic carbocycles. The lowest BCUT2D eigenvalue weighted by molar-refractivity contribution is -0.125. The zero-order chi connectivity index (χ0) is 10.4. The van der Waals surface area contributed by atoms with Gasteiger partial charge in [0.1, 0.15) is 0 Å². The molecule has 0 aromatic carbocycles. The van der Waals surface area contributed by atoms with Crippen molar-refractivity contribution in [2.75, 3.05) is 6.54 Å². The molecule has 1 atom stereocenters. The van der Waals surface area contributed by atoms with Crippen LogP contribution in [0.4, 0.5) is 0 Å². The number of Topliss-reactive ketones (excluding diaryl/α,β-unsaturated/α-hetero) is 1. The summed E-state index contributed by atoms with van der Waals surface area (Å²) >= 11 is 0. The van der Waals surface area contributed by atoms with Crippen LogP contribution in [0.5, 0.6) is 0 Å². The van der Waals surface area contributed by atoms with Crippen LogP contribution in [0.3, 0.4) is 0 Å². The maximum atomic E-state index is 12.1. The maximum absolute atomic E-state index is 12.1. The number of carbonyl (C=O) groups is 1. The van der Waals surface area contributed by atoms with Crippen molar-refractivity contribution < 1.29 is 4.79 Å². The van der Waals surface area contributed by atoms with Gasteiger partial charge in [0, 0.05) is 5.92 Å². The predicted molar refractivity (Wildman–Crippen MR) is 59.3 cm³/mol. The maximum Gasteiger partial charge on any atom is 0.152 e. The zero-order valence-corrected chi connectivity index (χ0v) is 9.51. The number of ketones is 1. The molecule has 1 saturated heterocycles. The Morgan fingerprint density at radius 3 is 2.43 bits per heavy atom. The lowest BCUT2D eigenvalue weighted by Crippen LogP contribution is -2.35. The minimum atomic E-state index is 0.179. The first kappa shape index (κ1) is 11.7. The van der Waals surface area contributed by atoms with E-state index in [1.165, 1.54) is 6.42 Å². The summed E-state index contributed by atoms with van der Waals surface area (Å²) in [6, 6.07) is 0.179. The fourth-order valence-corrected chi connectivity index (χ4v) is 2.34. The molecule has 0 saturated carbocycles. The fraction of sp³-hybridized carbons (Fsp3) is 0.917. The summed E-state index contributed by atoms with van der Waals surface area (Å²) < 4.78 is 0. The summed E-state index contributed by atoms with van der Waals surface area (Å²) in [5.74, 6) is 0.798. The van der Waals surface area contributed by atoms with Gasteiger partial charge in [-0.05, 0) is 32.2 Å². The molecule has 0 aromatic rings. The van der Waals surface area contributed by atoms with Gasteiger partial charge in [-0.2, -0.15) is 0 Å². The van der Waals surface area contributed by atoms with Crippen molar-refractivity contribution >= 4 is 5.78 Å². The number of hydrogen-bond acceptors (Lipinski definition) is 2. The minimum absolute atomic E-state index is 0.179. The van der Waals surface area contributed by atoms with Gasteiger partial charge >= 0.3 is 0 Å². The summed E-state index contributed by atoms with van der Waals surface area (Å²) in [5.41, 5.74) is 0. The summed E-state index contributed by atoms with van der Waals surface area (Å²) in [6.45, 7) is 5.36. The quantitative estimate of drug-likeness (QED) is 0.709. The van der Waals surface area contributed by atoms with Crippen LogP contribution in [0.25, 0.3) is 0 Å². The number of hydrogen-bond donors (Lipinski definition) is 1. The van der Waals surface area contributed by atoms with Crippen molar-refractivity contribution in [3.63, 3.8) is 0 Å². The summed E-state index contributed by atoms with van der Waals surface area (Å²) in [6.07, 6.45) is 6.63. The van der Waals surface area contributed by atoms with Crippen LogP contribution in [0.15, 0.2) is 0 Å². The molecule has 1 rings (SSSR count). The van der Waals surface area contributed by atoms with Crippen molar-refractivity contribution in [1.29, 1.82) is 0 Å². The highest BCUT2D eigenvalue weighted by Crippen LogP contribution is 2.19. The van der Waals surface area contributed by atoms with Crippen LogP contribution < -0.4 is 5.32 Å². The van der Waals surface area contributed by atoms with E-state index in [0.29, 0.717) is 11.7 Å². The van der Waals surface area contributed by atoms with E-state index in [1.807, 2.05) is 0 Å². The third-order valence-corrected chi connectivity index (χ3v) is 3.08. The topological polar surface area (TPSA) is 29.1 Å². The molecule has 1 aliphatic heterocycles. The number of nitrogens with one attached hydrogen (secondary N) is 1. The minimum Gasteiger partial charge on any atom is -0.307 e. The highest BCUT2D eigenvalue weighted by Gasteiger charge is 2.27. The predicted octanol–water partition coefficient (Wildman–Crippen LogP) is 2.52. The van der Waals surface area contributed by atoms with Crippen LogP contribution in [-0.4, -0.2) is 18.4 Å². The average molecular weight is 197 g/mol. The molecule has 1 heterocycles. The third-order valence-electron chi connectivity index (χ3n) is 3.08. The first-order valence-electron chi connectivity index (χ1n) is 6.06. The molecule has 0 amide bonds. The molecule has 1 aliphatic rings. The Morgan fingerprint density at radius 2 is 2.00 bits per heavy atom. The van der Waals surface area contributed by atoms with Crippen molar-refractivity contribution in [2.24, 2.45) is 5.92 Å². The Labute approximate surface area is 87.5 Å². The third kappa shape index (κ3) is 3.09. The van der Waals surface area contributed by atoms with Crippen molar-refractivity contribution in [1.82, 2.24) is 5.32 Å². The fourth-order valence-electron chi connectivity index (χ4n) is 2.34. The van der Waals surface area contributed by atoms with Gasteiger partial charge in [-0.15, -0.1) is 0 Å². The molecule has 0 bridgehead atoms. The van der Waals surface area contributed by atoms with E-state index < -0.39 is 0 Å². The number of rotatable bonds is 6. The van der Waals surface area contributed by atoms with Gasteiger partial charge in [0.2, 0.25) is 0 Å². The molecule has 0 aromatic heterocycles. The molecule has 1 unspecified atom stereocenters. The zero-order valence-electron chi connectivity index (χ0n) is 9.51. The molecule has 0 radical (unpaired) electrons. The Hall–Kier alpha value is -0.370. The summed E-state index contributed by atoms with van der Waals surface area (Å²) in [4.78, 5) is 12.1. The lowest BCUT2D eigenvalue weighted by Gasteiger charge is -2.18. The first-order chi connectivity index (χ1) is 6.79. The molecule has 82 valence electrons. The Kier molecular flexibility index (Phi) is 5.16. The van der Waals surface area contributed by atoms with E-state index in [2.05, 4.69) is 19.2 Å². The van der Waals surface area contributed by atoms with E-state index >= 15 is 0 Å². The lowest BCUT2D eigenvalue weighted by atomic mass is 9.89. The molecule has 2 nitrogen and oxygen atoms in total. The first-order valence-corrected chi connectivity index (χ1v) is 6.06. The average Bonchev–Trinajstić information content (AvgIpc) is 2.69. The molecule has 0 spiro atoms. The normalized spacial score (nSPS) is 21.8. The van der Waals surface area contributed by atoms with Crippen LogP contribution in [0.2, 0.25) is 0 Å². The van der Waals surface area contributed by atoms with E-state index in [1.54, 1.807) is 0 Å². The molecule has 2 heteroatoms. The van der Waals surface area contributed by atoms with E-state index in [9.17, 15) is 4.79 Å². The van der Waals surface area contributed by atoms with Gasteiger partial charge in [-0.25, -0.2) is 0 Å². The van der Waals surface area contributed by atoms with E-state index in [4.69, 9.17) is 0 Å². The molecule has 14 heavy (non-hydrogen) atoms. The Bertz CT molecular complexity index is 167. The van der Waals surface area contributed by atoms with Gasteiger partial charge < -0.3 is 5.32 Å². The van der Waals surface area contributed by atoms with E-state index in [0.717, 1.165) is 38.6 Å². The SMILES string of the molecule is CCCC(CCC)C(=O)C1CCCN1.